The maximum atomic E-state index is 14.9. The third-order valence-electron chi connectivity index (χ3n) is 6.30. The summed E-state index contributed by atoms with van der Waals surface area (Å²) in [6.45, 7) is 16.0. The maximum absolute atomic E-state index is 14.9. The molecule has 9 heteroatoms. The van der Waals surface area contributed by atoms with Crippen molar-refractivity contribution in [3.63, 3.8) is 0 Å². The van der Waals surface area contributed by atoms with Gasteiger partial charge in [0.15, 0.2) is 0 Å². The fourth-order valence-electron chi connectivity index (χ4n) is 3.74. The summed E-state index contributed by atoms with van der Waals surface area (Å²) in [6, 6.07) is 4.16. The van der Waals surface area contributed by atoms with Crippen molar-refractivity contribution in [2.45, 2.75) is 78.2 Å². The van der Waals surface area contributed by atoms with E-state index in [1.54, 1.807) is 21.9 Å². The van der Waals surface area contributed by atoms with Gasteiger partial charge in [0.1, 0.15) is 11.4 Å². The Balaban J connectivity index is 1.68. The SMILES string of the molecule is CC1CN(C(=O)c2ccc(B3OC(C)(C)C(C)(C)O3)c(F)c2)CCN1C(=O)OC(C)(C)C. The molecule has 2 heterocycles. The van der Waals surface area contributed by atoms with Gasteiger partial charge in [0.25, 0.3) is 5.91 Å². The number of hydrogen-bond acceptors (Lipinski definition) is 5. The van der Waals surface area contributed by atoms with Crippen LogP contribution in [0, 0.1) is 5.82 Å². The van der Waals surface area contributed by atoms with Crippen LogP contribution in [-0.4, -0.2) is 71.4 Å². The van der Waals surface area contributed by atoms with E-state index in [0.717, 1.165) is 0 Å². The van der Waals surface area contributed by atoms with Crippen LogP contribution in [-0.2, 0) is 14.0 Å². The molecular weight excluding hydrogens is 414 g/mol. The van der Waals surface area contributed by atoms with Crippen molar-refractivity contribution in [2.75, 3.05) is 19.6 Å². The number of nitrogens with zero attached hydrogens (tertiary/aromatic N) is 2. The molecule has 2 aliphatic rings. The zero-order valence-corrected chi connectivity index (χ0v) is 20.3. The molecule has 0 bridgehead atoms. The summed E-state index contributed by atoms with van der Waals surface area (Å²) in [5.41, 5.74) is -1.23. The van der Waals surface area contributed by atoms with Crippen molar-refractivity contribution in [1.82, 2.24) is 9.80 Å². The van der Waals surface area contributed by atoms with Gasteiger partial charge in [-0.15, -0.1) is 0 Å². The molecule has 176 valence electrons. The second-order valence-corrected chi connectivity index (χ2v) is 10.6. The van der Waals surface area contributed by atoms with E-state index in [0.29, 0.717) is 19.6 Å². The van der Waals surface area contributed by atoms with E-state index in [1.165, 1.54) is 6.07 Å². The van der Waals surface area contributed by atoms with Crippen molar-refractivity contribution in [3.05, 3.63) is 29.6 Å². The topological polar surface area (TPSA) is 68.3 Å². The summed E-state index contributed by atoms with van der Waals surface area (Å²) in [6.07, 6.45) is -0.394. The minimum Gasteiger partial charge on any atom is -0.444 e. The highest BCUT2D eigenvalue weighted by atomic mass is 19.1. The molecule has 2 amide bonds. The van der Waals surface area contributed by atoms with Gasteiger partial charge in [-0.05, 0) is 67.5 Å². The Bertz CT molecular complexity index is 883. The average molecular weight is 448 g/mol. The van der Waals surface area contributed by atoms with Crippen LogP contribution in [0.15, 0.2) is 18.2 Å². The highest BCUT2D eigenvalue weighted by Crippen LogP contribution is 2.36. The summed E-state index contributed by atoms with van der Waals surface area (Å²) in [5.74, 6) is -0.824. The van der Waals surface area contributed by atoms with Crippen LogP contribution in [0.25, 0.3) is 0 Å². The highest BCUT2D eigenvalue weighted by molar-refractivity contribution is 6.62. The quantitative estimate of drug-likeness (QED) is 0.651. The zero-order chi connectivity index (χ0) is 24.1. The van der Waals surface area contributed by atoms with Crippen LogP contribution < -0.4 is 5.46 Å². The molecule has 0 radical (unpaired) electrons. The fraction of sp³-hybridized carbons (Fsp3) is 0.652. The van der Waals surface area contributed by atoms with E-state index < -0.39 is 35.8 Å². The van der Waals surface area contributed by atoms with E-state index in [1.807, 2.05) is 55.4 Å². The molecule has 1 unspecified atom stereocenters. The predicted molar refractivity (Wildman–Crippen MR) is 120 cm³/mol. The minimum atomic E-state index is -0.832. The van der Waals surface area contributed by atoms with E-state index in [9.17, 15) is 14.0 Å². The number of carbonyl (C=O) groups is 2. The lowest BCUT2D eigenvalue weighted by atomic mass is 9.78. The Morgan fingerprint density at radius 3 is 2.22 bits per heavy atom. The number of piperazine rings is 1. The number of benzene rings is 1. The Hall–Kier alpha value is -2.13. The van der Waals surface area contributed by atoms with Gasteiger partial charge in [-0.2, -0.15) is 0 Å². The number of rotatable bonds is 2. The van der Waals surface area contributed by atoms with Crippen LogP contribution in [0.2, 0.25) is 0 Å². The summed E-state index contributed by atoms with van der Waals surface area (Å²) in [5, 5.41) is 0. The molecule has 2 fully saturated rings. The van der Waals surface area contributed by atoms with Crippen molar-refractivity contribution in [1.29, 1.82) is 0 Å². The van der Waals surface area contributed by atoms with Gasteiger partial charge < -0.3 is 23.8 Å². The van der Waals surface area contributed by atoms with Crippen molar-refractivity contribution >= 4 is 24.6 Å². The third-order valence-corrected chi connectivity index (χ3v) is 6.30. The van der Waals surface area contributed by atoms with Crippen LogP contribution in [0.1, 0.15) is 65.7 Å². The number of halogens is 1. The van der Waals surface area contributed by atoms with Crippen LogP contribution in [0.5, 0.6) is 0 Å². The average Bonchev–Trinajstić information content (AvgIpc) is 2.86. The maximum Gasteiger partial charge on any atom is 0.497 e. The molecule has 0 aliphatic carbocycles. The first-order valence-corrected chi connectivity index (χ1v) is 11.1. The molecule has 0 N–H and O–H groups in total. The molecule has 1 aromatic carbocycles. The Morgan fingerprint density at radius 1 is 1.12 bits per heavy atom. The first-order valence-electron chi connectivity index (χ1n) is 11.1. The standard InChI is InChI=1S/C23H34BFN2O5/c1-15-14-26(11-12-27(15)20(29)30-21(2,3)4)19(28)16-9-10-17(18(25)13-16)24-31-22(5,6)23(7,8)32-24/h9-10,13,15H,11-12,14H2,1-8H3. The van der Waals surface area contributed by atoms with Gasteiger partial charge in [-0.3, -0.25) is 4.79 Å². The second-order valence-electron chi connectivity index (χ2n) is 10.6. The predicted octanol–water partition coefficient (Wildman–Crippen LogP) is 3.21. The molecule has 2 saturated heterocycles. The van der Waals surface area contributed by atoms with E-state index in [-0.39, 0.29) is 23.0 Å². The molecule has 7 nitrogen and oxygen atoms in total. The van der Waals surface area contributed by atoms with Crippen LogP contribution >= 0.6 is 0 Å². The first kappa shape index (κ1) is 24.5. The summed E-state index contributed by atoms with van der Waals surface area (Å²) in [4.78, 5) is 28.7. The van der Waals surface area contributed by atoms with Crippen LogP contribution in [0.3, 0.4) is 0 Å². The molecule has 3 rings (SSSR count). The summed E-state index contributed by atoms with van der Waals surface area (Å²) >= 11 is 0. The van der Waals surface area contributed by atoms with Gasteiger partial charge in [0.2, 0.25) is 0 Å². The van der Waals surface area contributed by atoms with Crippen molar-refractivity contribution in [2.24, 2.45) is 0 Å². The Labute approximate surface area is 190 Å². The zero-order valence-electron chi connectivity index (χ0n) is 20.3. The lowest BCUT2D eigenvalue weighted by molar-refractivity contribution is 0.00198. The highest BCUT2D eigenvalue weighted by Gasteiger charge is 2.52. The normalized spacial score (nSPS) is 22.8. The minimum absolute atomic E-state index is 0.212. The van der Waals surface area contributed by atoms with E-state index in [2.05, 4.69) is 0 Å². The summed E-state index contributed by atoms with van der Waals surface area (Å²) in [7, 11) is -0.832. The molecule has 32 heavy (non-hydrogen) atoms. The fourth-order valence-corrected chi connectivity index (χ4v) is 3.74. The van der Waals surface area contributed by atoms with Gasteiger partial charge in [-0.25, -0.2) is 9.18 Å². The molecule has 0 spiro atoms. The number of hydrogen-bond donors (Lipinski definition) is 0. The second kappa shape index (κ2) is 8.34. The Morgan fingerprint density at radius 2 is 1.72 bits per heavy atom. The van der Waals surface area contributed by atoms with E-state index >= 15 is 0 Å². The molecule has 0 saturated carbocycles. The largest absolute Gasteiger partial charge is 0.497 e. The third kappa shape index (κ3) is 4.93. The Kier molecular flexibility index (Phi) is 6.39. The van der Waals surface area contributed by atoms with Gasteiger partial charge in [0, 0.05) is 36.7 Å². The monoisotopic (exact) mass is 448 g/mol. The number of carbonyl (C=O) groups excluding carboxylic acids is 2. The van der Waals surface area contributed by atoms with Gasteiger partial charge in [-0.1, -0.05) is 6.07 Å². The lowest BCUT2D eigenvalue weighted by Gasteiger charge is -2.40. The number of amides is 2. The van der Waals surface area contributed by atoms with E-state index in [4.69, 9.17) is 14.0 Å². The molecule has 0 aromatic heterocycles. The van der Waals surface area contributed by atoms with Crippen molar-refractivity contribution in [3.8, 4) is 0 Å². The van der Waals surface area contributed by atoms with Crippen molar-refractivity contribution < 1.29 is 28.0 Å². The molecular formula is C23H34BFN2O5. The van der Waals surface area contributed by atoms with Crippen LogP contribution in [0.4, 0.5) is 9.18 Å². The lowest BCUT2D eigenvalue weighted by Crippen LogP contribution is -2.56. The summed E-state index contributed by atoms with van der Waals surface area (Å²) < 4.78 is 32.2. The molecule has 1 atom stereocenters. The smallest absolute Gasteiger partial charge is 0.444 e. The van der Waals surface area contributed by atoms with Gasteiger partial charge in [0.05, 0.1) is 11.2 Å². The molecule has 2 aliphatic heterocycles. The number of ether oxygens (including phenoxy) is 1. The first-order chi connectivity index (χ1) is 14.6. The van der Waals surface area contributed by atoms with Gasteiger partial charge >= 0.3 is 13.2 Å². The molecule has 1 aromatic rings.